The first-order valence-corrected chi connectivity index (χ1v) is 10.2. The lowest BCUT2D eigenvalue weighted by Gasteiger charge is -2.44. The van der Waals surface area contributed by atoms with E-state index in [1.165, 1.54) is 10.9 Å². The lowest BCUT2D eigenvalue weighted by molar-refractivity contribution is -0.140. The molecule has 2 fully saturated rings. The molecule has 0 saturated carbocycles. The highest BCUT2D eigenvalue weighted by Gasteiger charge is 2.39. The van der Waals surface area contributed by atoms with Gasteiger partial charge in [-0.25, -0.2) is 13.8 Å². The fraction of sp³-hybridized carbons (Fsp3) is 0.429. The molecule has 2 aliphatic heterocycles. The van der Waals surface area contributed by atoms with E-state index in [0.29, 0.717) is 43.8 Å². The quantitative estimate of drug-likeness (QED) is 0.577. The van der Waals surface area contributed by atoms with Crippen LogP contribution < -0.4 is 4.90 Å². The Balaban J connectivity index is 1.61. The largest absolute Gasteiger partial charge is 0.503 e. The SMILES string of the molecule is Cn1nc(-c2cc(C(F)(F)F)c(F)c(O)c2F)c2cnc(N3CCO[C@H]4COCC[C@H]43)cc21. The summed E-state index contributed by atoms with van der Waals surface area (Å²) < 4.78 is 80.9. The summed E-state index contributed by atoms with van der Waals surface area (Å²) in [6.07, 6.45) is -3.08. The Morgan fingerprint density at radius 3 is 2.70 bits per heavy atom. The standard InChI is InChI=1S/C21H19F5N4O3/c1-29-14-7-16(30-3-5-33-15-9-32-4-2-13(15)30)27-8-11(14)19(28-29)10-6-12(21(24,25)26)18(23)20(31)17(10)22/h6-8,13,15,31H,2-5,9H2,1H3/t13-,15+/m1/s1. The van der Waals surface area contributed by atoms with Crippen LogP contribution in [0.25, 0.3) is 22.2 Å². The molecule has 33 heavy (non-hydrogen) atoms. The van der Waals surface area contributed by atoms with Gasteiger partial charge in [0.05, 0.1) is 30.3 Å². The molecule has 4 heterocycles. The molecule has 12 heteroatoms. The second-order valence-electron chi connectivity index (χ2n) is 8.01. The summed E-state index contributed by atoms with van der Waals surface area (Å²) in [7, 11) is 1.55. The summed E-state index contributed by atoms with van der Waals surface area (Å²) in [5.41, 5.74) is -2.14. The van der Waals surface area contributed by atoms with E-state index in [9.17, 15) is 27.1 Å². The predicted octanol–water partition coefficient (Wildman–Crippen LogP) is 3.63. The average molecular weight is 470 g/mol. The number of morpholine rings is 1. The number of nitrogens with zero attached hydrogens (tertiary/aromatic N) is 4. The number of benzene rings is 1. The number of aryl methyl sites for hydroxylation is 1. The number of aromatic nitrogens is 3. The number of rotatable bonds is 2. The highest BCUT2D eigenvalue weighted by molar-refractivity contribution is 5.94. The maximum atomic E-state index is 14.6. The van der Waals surface area contributed by atoms with Gasteiger partial charge in [-0.15, -0.1) is 0 Å². The van der Waals surface area contributed by atoms with Crippen molar-refractivity contribution in [1.82, 2.24) is 14.8 Å². The Morgan fingerprint density at radius 1 is 1.15 bits per heavy atom. The highest BCUT2D eigenvalue weighted by atomic mass is 19.4. The van der Waals surface area contributed by atoms with Gasteiger partial charge in [0.1, 0.15) is 17.6 Å². The molecule has 0 amide bonds. The summed E-state index contributed by atoms with van der Waals surface area (Å²) in [6.45, 7) is 2.16. The van der Waals surface area contributed by atoms with Crippen LogP contribution in [-0.4, -0.2) is 58.4 Å². The van der Waals surface area contributed by atoms with E-state index in [-0.39, 0.29) is 23.2 Å². The monoisotopic (exact) mass is 470 g/mol. The number of hydrogen-bond acceptors (Lipinski definition) is 6. The summed E-state index contributed by atoms with van der Waals surface area (Å²) >= 11 is 0. The third-order valence-electron chi connectivity index (χ3n) is 6.09. The minimum absolute atomic E-state index is 0.0611. The van der Waals surface area contributed by atoms with E-state index >= 15 is 0 Å². The van der Waals surface area contributed by atoms with Crippen molar-refractivity contribution >= 4 is 16.7 Å². The fourth-order valence-corrected chi connectivity index (χ4v) is 4.47. The molecule has 0 radical (unpaired) electrons. The Kier molecular flexibility index (Phi) is 5.16. The van der Waals surface area contributed by atoms with Crippen molar-refractivity contribution in [3.05, 3.63) is 35.5 Å². The van der Waals surface area contributed by atoms with Gasteiger partial charge in [-0.05, 0) is 12.5 Å². The van der Waals surface area contributed by atoms with Crippen LogP contribution in [0.2, 0.25) is 0 Å². The van der Waals surface area contributed by atoms with Gasteiger partial charge >= 0.3 is 6.18 Å². The molecule has 1 aromatic carbocycles. The number of halogens is 5. The number of ether oxygens (including phenoxy) is 2. The van der Waals surface area contributed by atoms with E-state index in [1.54, 1.807) is 13.1 Å². The molecule has 3 aromatic rings. The van der Waals surface area contributed by atoms with Crippen LogP contribution >= 0.6 is 0 Å². The lowest BCUT2D eigenvalue weighted by atomic mass is 10.0. The lowest BCUT2D eigenvalue weighted by Crippen LogP contribution is -2.56. The Bertz CT molecular complexity index is 1230. The third kappa shape index (κ3) is 3.57. The predicted molar refractivity (Wildman–Crippen MR) is 107 cm³/mol. The Labute approximate surface area is 184 Å². The zero-order chi connectivity index (χ0) is 23.5. The zero-order valence-corrected chi connectivity index (χ0v) is 17.4. The van der Waals surface area contributed by atoms with Crippen LogP contribution in [-0.2, 0) is 22.7 Å². The maximum Gasteiger partial charge on any atom is 0.419 e. The van der Waals surface area contributed by atoms with E-state index in [1.807, 2.05) is 0 Å². The van der Waals surface area contributed by atoms with Crippen molar-refractivity contribution in [3.8, 4) is 17.0 Å². The zero-order valence-electron chi connectivity index (χ0n) is 17.4. The maximum absolute atomic E-state index is 14.6. The molecule has 0 spiro atoms. The molecule has 5 rings (SSSR count). The van der Waals surface area contributed by atoms with Gasteiger partial charge in [0, 0.05) is 43.4 Å². The molecule has 0 bridgehead atoms. The highest BCUT2D eigenvalue weighted by Crippen LogP contribution is 2.42. The van der Waals surface area contributed by atoms with Gasteiger partial charge in [-0.1, -0.05) is 0 Å². The van der Waals surface area contributed by atoms with Crippen molar-refractivity contribution in [1.29, 1.82) is 0 Å². The second kappa shape index (κ2) is 7.80. The third-order valence-corrected chi connectivity index (χ3v) is 6.09. The number of aromatic hydroxyl groups is 1. The summed E-state index contributed by atoms with van der Waals surface area (Å²) in [5, 5.41) is 14.1. The molecule has 2 atom stereocenters. The van der Waals surface area contributed by atoms with Crippen molar-refractivity contribution in [2.24, 2.45) is 7.05 Å². The first-order valence-electron chi connectivity index (χ1n) is 10.2. The fourth-order valence-electron chi connectivity index (χ4n) is 4.47. The Morgan fingerprint density at radius 2 is 1.94 bits per heavy atom. The Hall–Kier alpha value is -2.99. The number of alkyl halides is 3. The first-order chi connectivity index (χ1) is 15.7. The van der Waals surface area contributed by atoms with Crippen LogP contribution in [0.1, 0.15) is 12.0 Å². The van der Waals surface area contributed by atoms with Crippen molar-refractivity contribution in [2.45, 2.75) is 24.7 Å². The molecular weight excluding hydrogens is 451 g/mol. The summed E-state index contributed by atoms with van der Waals surface area (Å²) in [4.78, 5) is 6.55. The van der Waals surface area contributed by atoms with Gasteiger partial charge in [0.25, 0.3) is 0 Å². The summed E-state index contributed by atoms with van der Waals surface area (Å²) in [5.74, 6) is -4.68. The van der Waals surface area contributed by atoms with E-state index in [2.05, 4.69) is 15.0 Å². The van der Waals surface area contributed by atoms with Crippen LogP contribution in [0, 0.1) is 11.6 Å². The number of hydrogen-bond donors (Lipinski definition) is 1. The van der Waals surface area contributed by atoms with Gasteiger partial charge in [-0.3, -0.25) is 4.68 Å². The number of phenols is 1. The van der Waals surface area contributed by atoms with Gasteiger partial charge in [-0.2, -0.15) is 18.3 Å². The van der Waals surface area contributed by atoms with Crippen molar-refractivity contribution in [3.63, 3.8) is 0 Å². The first kappa shape index (κ1) is 21.8. The minimum atomic E-state index is -5.13. The smallest absolute Gasteiger partial charge is 0.419 e. The molecule has 2 saturated heterocycles. The molecule has 2 aromatic heterocycles. The van der Waals surface area contributed by atoms with E-state index < -0.39 is 34.7 Å². The van der Waals surface area contributed by atoms with E-state index in [0.717, 1.165) is 6.42 Å². The summed E-state index contributed by atoms with van der Waals surface area (Å²) in [6, 6.07) is 2.09. The topological polar surface area (TPSA) is 72.6 Å². The van der Waals surface area contributed by atoms with Crippen LogP contribution in [0.3, 0.4) is 0 Å². The molecule has 1 N–H and O–H groups in total. The van der Waals surface area contributed by atoms with E-state index in [4.69, 9.17) is 9.47 Å². The second-order valence-corrected chi connectivity index (χ2v) is 8.01. The van der Waals surface area contributed by atoms with Gasteiger partial charge < -0.3 is 19.5 Å². The molecule has 2 aliphatic rings. The van der Waals surface area contributed by atoms with Crippen LogP contribution in [0.15, 0.2) is 18.3 Å². The van der Waals surface area contributed by atoms with Gasteiger partial charge in [0.2, 0.25) is 0 Å². The molecule has 0 unspecified atom stereocenters. The van der Waals surface area contributed by atoms with Crippen molar-refractivity contribution < 1.29 is 36.5 Å². The molecule has 176 valence electrons. The average Bonchev–Trinajstić information content (AvgIpc) is 3.12. The minimum Gasteiger partial charge on any atom is -0.503 e. The normalized spacial score (nSPS) is 21.5. The number of phenolic OH excluding ortho intramolecular Hbond substituents is 1. The number of fused-ring (bicyclic) bond motifs is 2. The number of anilines is 1. The molecule has 7 nitrogen and oxygen atoms in total. The van der Waals surface area contributed by atoms with Crippen LogP contribution in [0.5, 0.6) is 5.75 Å². The van der Waals surface area contributed by atoms with Crippen molar-refractivity contribution in [2.75, 3.05) is 31.3 Å². The molecular formula is C21H19F5N4O3. The van der Waals surface area contributed by atoms with Gasteiger partial charge in [0.15, 0.2) is 17.4 Å². The number of pyridine rings is 1. The molecule has 0 aliphatic carbocycles. The van der Waals surface area contributed by atoms with Crippen LogP contribution in [0.4, 0.5) is 27.8 Å².